The van der Waals surface area contributed by atoms with Gasteiger partial charge < -0.3 is 4.74 Å². The Bertz CT molecular complexity index is 139. The summed E-state index contributed by atoms with van der Waals surface area (Å²) in [6.45, 7) is 0. The van der Waals surface area contributed by atoms with Crippen LogP contribution in [0.2, 0.25) is 0 Å². The van der Waals surface area contributed by atoms with Gasteiger partial charge in [-0.2, -0.15) is 0 Å². The maximum absolute atomic E-state index is 10.3. The van der Waals surface area contributed by atoms with E-state index < -0.39 is 11.9 Å². The van der Waals surface area contributed by atoms with E-state index >= 15 is 0 Å². The Morgan fingerprint density at radius 2 is 2.38 bits per heavy atom. The maximum atomic E-state index is 10.3. The molecule has 3 heteroatoms. The summed E-state index contributed by atoms with van der Waals surface area (Å²) < 4.78 is 4.28. The van der Waals surface area contributed by atoms with Crippen molar-refractivity contribution in [2.75, 3.05) is 7.11 Å². The molecule has 0 amide bonds. The molecule has 0 aromatic carbocycles. The summed E-state index contributed by atoms with van der Waals surface area (Å²) >= 11 is 0. The van der Waals surface area contributed by atoms with Crippen LogP contribution in [-0.2, 0) is 14.3 Å². The van der Waals surface area contributed by atoms with E-state index in [1.165, 1.54) is 7.11 Å². The van der Waals surface area contributed by atoms with Gasteiger partial charge in [0.1, 0.15) is 11.7 Å². The fraction of sp³-hybridized carbons (Fsp3) is 0.600. The SMILES string of the molecule is COC(=O)C1CC1=O. The molecule has 0 aromatic rings. The van der Waals surface area contributed by atoms with Crippen molar-refractivity contribution in [3.05, 3.63) is 0 Å². The quantitative estimate of drug-likeness (QED) is 0.348. The summed E-state index contributed by atoms with van der Waals surface area (Å²) in [5.41, 5.74) is 0. The first-order valence-electron chi connectivity index (χ1n) is 2.36. The summed E-state index contributed by atoms with van der Waals surface area (Å²) in [6.07, 6.45) is 0.382. The monoisotopic (exact) mass is 114 g/mol. The topological polar surface area (TPSA) is 43.4 Å². The number of hydrogen-bond acceptors (Lipinski definition) is 3. The van der Waals surface area contributed by atoms with E-state index in [2.05, 4.69) is 4.74 Å². The highest BCUT2D eigenvalue weighted by atomic mass is 16.5. The number of hydrogen-bond donors (Lipinski definition) is 0. The molecule has 0 radical (unpaired) electrons. The number of rotatable bonds is 1. The molecule has 3 nitrogen and oxygen atoms in total. The molecule has 0 bridgehead atoms. The normalized spacial score (nSPS) is 25.1. The molecule has 1 fully saturated rings. The molecule has 1 atom stereocenters. The molecule has 0 heterocycles. The summed E-state index contributed by atoms with van der Waals surface area (Å²) in [6, 6.07) is 0. The lowest BCUT2D eigenvalue weighted by molar-refractivity contribution is -0.142. The standard InChI is InChI=1S/C5H6O3/c1-8-5(7)3-2-4(3)6/h3H,2H2,1H3. The first kappa shape index (κ1) is 5.28. The third-order valence-corrected chi connectivity index (χ3v) is 1.12. The van der Waals surface area contributed by atoms with Gasteiger partial charge in [0.05, 0.1) is 7.11 Å². The molecule has 0 spiro atoms. The van der Waals surface area contributed by atoms with Gasteiger partial charge in [0, 0.05) is 6.42 Å². The lowest BCUT2D eigenvalue weighted by Gasteiger charge is -1.88. The lowest BCUT2D eigenvalue weighted by atomic mass is 10.4. The molecule has 1 aliphatic carbocycles. The van der Waals surface area contributed by atoms with E-state index in [9.17, 15) is 9.59 Å². The molecule has 0 aromatic heterocycles. The minimum absolute atomic E-state index is 0.00292. The predicted molar refractivity (Wildman–Crippen MR) is 25.1 cm³/mol. The minimum Gasteiger partial charge on any atom is -0.468 e. The minimum atomic E-state index is -0.417. The van der Waals surface area contributed by atoms with Crippen LogP contribution in [0.1, 0.15) is 6.42 Å². The first-order chi connectivity index (χ1) is 3.75. The molecule has 1 unspecified atom stereocenters. The largest absolute Gasteiger partial charge is 0.468 e. The summed E-state index contributed by atoms with van der Waals surface area (Å²) in [5.74, 6) is -0.813. The van der Waals surface area contributed by atoms with Crippen molar-refractivity contribution < 1.29 is 14.3 Å². The van der Waals surface area contributed by atoms with E-state index in [0.29, 0.717) is 6.42 Å². The van der Waals surface area contributed by atoms with Gasteiger partial charge in [0.2, 0.25) is 0 Å². The zero-order valence-corrected chi connectivity index (χ0v) is 4.51. The Morgan fingerprint density at radius 1 is 1.88 bits per heavy atom. The van der Waals surface area contributed by atoms with E-state index in [4.69, 9.17) is 0 Å². The van der Waals surface area contributed by atoms with Gasteiger partial charge in [-0.05, 0) is 0 Å². The Hall–Kier alpha value is -0.860. The van der Waals surface area contributed by atoms with Gasteiger partial charge in [0.25, 0.3) is 0 Å². The first-order valence-corrected chi connectivity index (χ1v) is 2.36. The molecule has 0 saturated heterocycles. The lowest BCUT2D eigenvalue weighted by Crippen LogP contribution is -2.03. The number of esters is 1. The number of methoxy groups -OCH3 is 1. The van der Waals surface area contributed by atoms with Gasteiger partial charge in [-0.3, -0.25) is 9.59 Å². The highest BCUT2D eigenvalue weighted by molar-refractivity contribution is 6.12. The van der Waals surface area contributed by atoms with Crippen LogP contribution in [0.3, 0.4) is 0 Å². The Kier molecular flexibility index (Phi) is 1.04. The van der Waals surface area contributed by atoms with Crippen LogP contribution < -0.4 is 0 Å². The van der Waals surface area contributed by atoms with Crippen LogP contribution in [0.5, 0.6) is 0 Å². The molecule has 1 rings (SSSR count). The number of carbonyl (C=O) groups is 2. The number of ether oxygens (including phenoxy) is 1. The van der Waals surface area contributed by atoms with Crippen LogP contribution in [0.15, 0.2) is 0 Å². The molecule has 1 saturated carbocycles. The van der Waals surface area contributed by atoms with Crippen molar-refractivity contribution in [1.82, 2.24) is 0 Å². The smallest absolute Gasteiger partial charge is 0.316 e. The fourth-order valence-electron chi connectivity index (χ4n) is 0.499. The van der Waals surface area contributed by atoms with E-state index in [1.54, 1.807) is 0 Å². The van der Waals surface area contributed by atoms with Crippen molar-refractivity contribution in [1.29, 1.82) is 0 Å². The second-order valence-corrected chi connectivity index (χ2v) is 1.75. The average Bonchev–Trinajstić information content (AvgIpc) is 2.45. The number of carbonyl (C=O) groups excluding carboxylic acids is 2. The predicted octanol–water partition coefficient (Wildman–Crippen LogP) is -0.252. The molecule has 0 aliphatic heterocycles. The zero-order chi connectivity index (χ0) is 6.15. The van der Waals surface area contributed by atoms with E-state index in [0.717, 1.165) is 0 Å². The van der Waals surface area contributed by atoms with Crippen LogP contribution in [0.25, 0.3) is 0 Å². The van der Waals surface area contributed by atoms with Crippen molar-refractivity contribution in [3.8, 4) is 0 Å². The van der Waals surface area contributed by atoms with Crippen LogP contribution in [0.4, 0.5) is 0 Å². The highest BCUT2D eigenvalue weighted by Gasteiger charge is 2.42. The number of ketones is 1. The summed E-state index contributed by atoms with van der Waals surface area (Å²) in [5, 5.41) is 0. The molecule has 0 N–H and O–H groups in total. The van der Waals surface area contributed by atoms with Gasteiger partial charge in [0.15, 0.2) is 0 Å². The van der Waals surface area contributed by atoms with Crippen molar-refractivity contribution in [3.63, 3.8) is 0 Å². The van der Waals surface area contributed by atoms with Gasteiger partial charge in [-0.1, -0.05) is 0 Å². The number of Topliss-reactive ketones (excluding diaryl/α,β-unsaturated/α-hetero) is 1. The molecule has 1 aliphatic rings. The summed E-state index contributed by atoms with van der Waals surface area (Å²) in [7, 11) is 1.29. The molecular formula is C5H6O3. The van der Waals surface area contributed by atoms with Gasteiger partial charge >= 0.3 is 5.97 Å². The Labute approximate surface area is 46.6 Å². The summed E-state index contributed by atoms with van der Waals surface area (Å²) in [4.78, 5) is 20.5. The second-order valence-electron chi connectivity index (χ2n) is 1.75. The van der Waals surface area contributed by atoms with E-state index in [-0.39, 0.29) is 5.78 Å². The molecule has 8 heavy (non-hydrogen) atoms. The van der Waals surface area contributed by atoms with E-state index in [1.807, 2.05) is 0 Å². The highest BCUT2D eigenvalue weighted by Crippen LogP contribution is 2.24. The average molecular weight is 114 g/mol. The van der Waals surface area contributed by atoms with Gasteiger partial charge in [-0.15, -0.1) is 0 Å². The van der Waals surface area contributed by atoms with Crippen molar-refractivity contribution in [2.45, 2.75) is 6.42 Å². The van der Waals surface area contributed by atoms with Crippen molar-refractivity contribution >= 4 is 11.8 Å². The third kappa shape index (κ3) is 0.710. The second kappa shape index (κ2) is 1.58. The molecule has 44 valence electrons. The maximum Gasteiger partial charge on any atom is 0.316 e. The van der Waals surface area contributed by atoms with Crippen LogP contribution in [0, 0.1) is 5.92 Å². The third-order valence-electron chi connectivity index (χ3n) is 1.12. The van der Waals surface area contributed by atoms with Crippen molar-refractivity contribution in [2.24, 2.45) is 5.92 Å². The van der Waals surface area contributed by atoms with Crippen LogP contribution >= 0.6 is 0 Å². The molecular weight excluding hydrogens is 108 g/mol. The zero-order valence-electron chi connectivity index (χ0n) is 4.51. The van der Waals surface area contributed by atoms with Gasteiger partial charge in [-0.25, -0.2) is 0 Å². The Balaban J connectivity index is 2.39. The van der Waals surface area contributed by atoms with Crippen LogP contribution in [-0.4, -0.2) is 18.9 Å². The fourth-order valence-corrected chi connectivity index (χ4v) is 0.499. The Morgan fingerprint density at radius 3 is 2.50 bits per heavy atom.